The average Bonchev–Trinajstić information content (AvgIpc) is 2.72. The van der Waals surface area contributed by atoms with Gasteiger partial charge in [0.25, 0.3) is 0 Å². The van der Waals surface area contributed by atoms with Crippen LogP contribution in [0.15, 0.2) is 110 Å². The lowest BCUT2D eigenvalue weighted by Crippen LogP contribution is -1.72. The molecule has 0 atom stereocenters. The Hall–Kier alpha value is -3.26. The number of benzene rings is 2. The maximum atomic E-state index is 3.98. The van der Waals surface area contributed by atoms with Crippen molar-refractivity contribution in [1.82, 2.24) is 9.97 Å². The third kappa shape index (κ3) is 13.0. The summed E-state index contributed by atoms with van der Waals surface area (Å²) in [6.07, 6.45) is 5.39. The zero-order valence-corrected chi connectivity index (χ0v) is 17.3. The highest BCUT2D eigenvalue weighted by Crippen LogP contribution is 1.93. The second-order valence-electron chi connectivity index (χ2n) is 6.31. The molecule has 4 rings (SSSR count). The first-order valence-electron chi connectivity index (χ1n) is 9.35. The Bertz CT molecular complexity index is 680. The van der Waals surface area contributed by atoms with Gasteiger partial charge in [-0.15, -0.1) is 0 Å². The van der Waals surface area contributed by atoms with Gasteiger partial charge in [0.15, 0.2) is 0 Å². The number of pyridine rings is 2. The summed E-state index contributed by atoms with van der Waals surface area (Å²) in [5, 5.41) is 0. The van der Waals surface area contributed by atoms with Gasteiger partial charge in [0, 0.05) is 24.3 Å². The van der Waals surface area contributed by atoms with Crippen molar-refractivity contribution in [2.75, 3.05) is 0 Å². The van der Waals surface area contributed by atoms with E-state index in [1.54, 1.807) is 12.4 Å². The van der Waals surface area contributed by atoms with Gasteiger partial charge in [0.2, 0.25) is 0 Å². The summed E-state index contributed by atoms with van der Waals surface area (Å²) in [5.41, 5.74) is 4.93. The van der Waals surface area contributed by atoms with Crippen LogP contribution in [-0.2, 0) is 0 Å². The minimum absolute atomic E-state index is 1.07. The third-order valence-corrected chi connectivity index (χ3v) is 3.50. The van der Waals surface area contributed by atoms with E-state index in [0.29, 0.717) is 0 Å². The Labute approximate surface area is 170 Å². The van der Waals surface area contributed by atoms with E-state index < -0.39 is 0 Å². The maximum absolute atomic E-state index is 3.98. The molecule has 28 heavy (non-hydrogen) atoms. The first-order chi connectivity index (χ1) is 13.6. The second kappa shape index (κ2) is 14.9. The van der Waals surface area contributed by atoms with Gasteiger partial charge in [-0.25, -0.2) is 0 Å². The Morgan fingerprint density at radius 2 is 0.964 bits per heavy atom. The molecule has 2 nitrogen and oxygen atoms in total. The number of hydrogen-bond acceptors (Lipinski definition) is 2. The molecule has 2 heteroatoms. The van der Waals surface area contributed by atoms with Crippen LogP contribution in [0.2, 0.25) is 0 Å². The van der Waals surface area contributed by atoms with Crippen molar-refractivity contribution in [2.45, 2.75) is 27.7 Å². The van der Waals surface area contributed by atoms with E-state index in [4.69, 9.17) is 0 Å². The fourth-order valence-corrected chi connectivity index (χ4v) is 1.97. The van der Waals surface area contributed by atoms with Gasteiger partial charge < -0.3 is 0 Å². The number of rotatable bonds is 0. The SMILES string of the molecule is Cc1ccccc1.Cc1ccccc1.Cc1ccccn1.Cc1cccnc1. The lowest BCUT2D eigenvalue weighted by Gasteiger charge is -1.82. The predicted molar refractivity (Wildman–Crippen MR) is 120 cm³/mol. The summed E-state index contributed by atoms with van der Waals surface area (Å²) >= 11 is 0. The summed E-state index contributed by atoms with van der Waals surface area (Å²) in [5.74, 6) is 0. The molecule has 0 bridgehead atoms. The number of aromatic nitrogens is 2. The highest BCUT2D eigenvalue weighted by molar-refractivity contribution is 5.12. The third-order valence-electron chi connectivity index (χ3n) is 3.50. The zero-order valence-electron chi connectivity index (χ0n) is 17.3. The van der Waals surface area contributed by atoms with E-state index in [0.717, 1.165) is 5.69 Å². The molecule has 0 saturated heterocycles. The molecule has 0 aliphatic heterocycles. The van der Waals surface area contributed by atoms with Crippen molar-refractivity contribution in [3.8, 4) is 0 Å². The quantitative estimate of drug-likeness (QED) is 0.341. The number of aryl methyl sites for hydroxylation is 4. The molecule has 0 amide bonds. The Kier molecular flexibility index (Phi) is 12.1. The summed E-state index contributed by atoms with van der Waals surface area (Å²) < 4.78 is 0. The lowest BCUT2D eigenvalue weighted by atomic mass is 10.2. The smallest absolute Gasteiger partial charge is 0.0372 e. The van der Waals surface area contributed by atoms with Crippen LogP contribution in [0.1, 0.15) is 22.4 Å². The van der Waals surface area contributed by atoms with Crippen LogP contribution >= 0.6 is 0 Å². The monoisotopic (exact) mass is 370 g/mol. The molecular weight excluding hydrogens is 340 g/mol. The molecule has 4 aromatic rings. The molecule has 2 aromatic carbocycles. The standard InChI is InChI=1S/2C7H8.2C6H7N/c2*1-7-5-3-2-4-6-7;1-6-3-2-4-7-5-6;1-6-4-2-3-5-7-6/h2*2-6H,1H3;2*2-5H,1H3. The van der Waals surface area contributed by atoms with E-state index in [1.165, 1.54) is 16.7 Å². The van der Waals surface area contributed by atoms with Gasteiger partial charge in [-0.05, 0) is 51.5 Å². The molecule has 0 unspecified atom stereocenters. The molecule has 2 heterocycles. The van der Waals surface area contributed by atoms with E-state index in [-0.39, 0.29) is 0 Å². The molecular formula is C26H30N2. The van der Waals surface area contributed by atoms with Gasteiger partial charge in [-0.2, -0.15) is 0 Å². The van der Waals surface area contributed by atoms with Crippen LogP contribution in [-0.4, -0.2) is 9.97 Å². The highest BCUT2D eigenvalue weighted by Gasteiger charge is 1.74. The van der Waals surface area contributed by atoms with E-state index in [9.17, 15) is 0 Å². The molecule has 2 aromatic heterocycles. The fourth-order valence-electron chi connectivity index (χ4n) is 1.97. The van der Waals surface area contributed by atoms with Crippen LogP contribution in [0, 0.1) is 27.7 Å². The van der Waals surface area contributed by atoms with Crippen molar-refractivity contribution in [1.29, 1.82) is 0 Å². The van der Waals surface area contributed by atoms with Crippen LogP contribution in [0.25, 0.3) is 0 Å². The minimum atomic E-state index is 1.07. The Morgan fingerprint density at radius 1 is 0.464 bits per heavy atom. The largest absolute Gasteiger partial charge is 0.264 e. The normalized spacial score (nSPS) is 8.71. The Balaban J connectivity index is 0.000000187. The van der Waals surface area contributed by atoms with Crippen molar-refractivity contribution >= 4 is 0 Å². The van der Waals surface area contributed by atoms with Gasteiger partial charge >= 0.3 is 0 Å². The molecule has 0 fully saturated rings. The van der Waals surface area contributed by atoms with Crippen molar-refractivity contribution in [3.05, 3.63) is 132 Å². The van der Waals surface area contributed by atoms with Crippen molar-refractivity contribution < 1.29 is 0 Å². The second-order valence-corrected chi connectivity index (χ2v) is 6.31. The van der Waals surface area contributed by atoms with E-state index in [1.807, 2.05) is 86.8 Å². The summed E-state index contributed by atoms with van der Waals surface area (Å²) in [7, 11) is 0. The van der Waals surface area contributed by atoms with Crippen LogP contribution < -0.4 is 0 Å². The lowest BCUT2D eigenvalue weighted by molar-refractivity contribution is 1.20. The highest BCUT2D eigenvalue weighted by atomic mass is 14.6. The molecule has 0 aliphatic carbocycles. The molecule has 144 valence electrons. The molecule has 0 spiro atoms. The van der Waals surface area contributed by atoms with Crippen molar-refractivity contribution in [3.63, 3.8) is 0 Å². The van der Waals surface area contributed by atoms with Crippen LogP contribution in [0.4, 0.5) is 0 Å². The molecule has 0 saturated carbocycles. The molecule has 0 N–H and O–H groups in total. The topological polar surface area (TPSA) is 25.8 Å². The van der Waals surface area contributed by atoms with Gasteiger partial charge in [0.1, 0.15) is 0 Å². The molecule has 0 radical (unpaired) electrons. The molecule has 0 aliphatic rings. The van der Waals surface area contributed by atoms with Crippen molar-refractivity contribution in [2.24, 2.45) is 0 Å². The summed E-state index contributed by atoms with van der Waals surface area (Å²) in [4.78, 5) is 7.86. The summed E-state index contributed by atoms with van der Waals surface area (Å²) in [6, 6.07) is 30.3. The van der Waals surface area contributed by atoms with Crippen LogP contribution in [0.3, 0.4) is 0 Å². The average molecular weight is 371 g/mol. The fraction of sp³-hybridized carbons (Fsp3) is 0.154. The summed E-state index contributed by atoms with van der Waals surface area (Å²) in [6.45, 7) is 8.16. The predicted octanol–water partition coefficient (Wildman–Crippen LogP) is 6.77. The van der Waals surface area contributed by atoms with Gasteiger partial charge in [-0.3, -0.25) is 9.97 Å². The number of nitrogens with zero attached hydrogens (tertiary/aromatic N) is 2. The minimum Gasteiger partial charge on any atom is -0.264 e. The first kappa shape index (κ1) is 22.8. The number of hydrogen-bond donors (Lipinski definition) is 0. The first-order valence-corrected chi connectivity index (χ1v) is 9.35. The van der Waals surface area contributed by atoms with E-state index in [2.05, 4.69) is 48.1 Å². The van der Waals surface area contributed by atoms with Crippen LogP contribution in [0.5, 0.6) is 0 Å². The van der Waals surface area contributed by atoms with E-state index >= 15 is 0 Å². The zero-order chi connectivity index (χ0) is 20.5. The van der Waals surface area contributed by atoms with Gasteiger partial charge in [0.05, 0.1) is 0 Å². The van der Waals surface area contributed by atoms with Gasteiger partial charge in [-0.1, -0.05) is 83.9 Å². The maximum Gasteiger partial charge on any atom is 0.0372 e. The Morgan fingerprint density at radius 3 is 1.18 bits per heavy atom.